The number of nitrogens with one attached hydrogen (secondary N) is 2. The van der Waals surface area contributed by atoms with Gasteiger partial charge < -0.3 is 20.1 Å². The van der Waals surface area contributed by atoms with E-state index in [4.69, 9.17) is 4.74 Å². The predicted molar refractivity (Wildman–Crippen MR) is 89.7 cm³/mol. The van der Waals surface area contributed by atoms with Crippen LogP contribution >= 0.6 is 0 Å². The third-order valence-corrected chi connectivity index (χ3v) is 3.77. The molecule has 0 unspecified atom stereocenters. The summed E-state index contributed by atoms with van der Waals surface area (Å²) in [6.07, 6.45) is -4.18. The highest BCUT2D eigenvalue weighted by Crippen LogP contribution is 2.26. The fourth-order valence-corrected chi connectivity index (χ4v) is 2.65. The maximum absolute atomic E-state index is 12.1. The average molecular weight is 380 g/mol. The molecule has 0 radical (unpaired) electrons. The van der Waals surface area contributed by atoms with E-state index in [1.54, 1.807) is 18.2 Å². The molecule has 3 rings (SSSR count). The van der Waals surface area contributed by atoms with E-state index >= 15 is 0 Å². The van der Waals surface area contributed by atoms with Crippen molar-refractivity contribution in [3.63, 3.8) is 0 Å². The molecule has 0 atom stereocenters. The SMILES string of the molecule is O=C(COc1cccc2c1CCNC2=O)Nc1ccc(OC(F)(F)F)cc1. The van der Waals surface area contributed by atoms with Gasteiger partial charge in [-0.3, -0.25) is 9.59 Å². The van der Waals surface area contributed by atoms with Crippen LogP contribution in [0.5, 0.6) is 11.5 Å². The van der Waals surface area contributed by atoms with Crippen LogP contribution in [0.3, 0.4) is 0 Å². The van der Waals surface area contributed by atoms with Gasteiger partial charge in [0.05, 0.1) is 0 Å². The van der Waals surface area contributed by atoms with E-state index in [0.29, 0.717) is 30.0 Å². The molecule has 2 aromatic carbocycles. The van der Waals surface area contributed by atoms with Crippen molar-refractivity contribution in [3.05, 3.63) is 53.6 Å². The van der Waals surface area contributed by atoms with Crippen LogP contribution in [0.25, 0.3) is 0 Å². The molecule has 0 bridgehead atoms. The molecule has 6 nitrogen and oxygen atoms in total. The second-order valence-corrected chi connectivity index (χ2v) is 5.70. The first kappa shape index (κ1) is 18.6. The Labute approximate surface area is 152 Å². The minimum atomic E-state index is -4.77. The van der Waals surface area contributed by atoms with Gasteiger partial charge in [0, 0.05) is 23.4 Å². The van der Waals surface area contributed by atoms with Crippen LogP contribution in [0, 0.1) is 0 Å². The molecular formula is C18H15F3N2O4. The van der Waals surface area contributed by atoms with Crippen LogP contribution in [-0.4, -0.2) is 31.3 Å². The second-order valence-electron chi connectivity index (χ2n) is 5.70. The quantitative estimate of drug-likeness (QED) is 0.836. The number of fused-ring (bicyclic) bond motifs is 1. The highest BCUT2D eigenvalue weighted by Gasteiger charge is 2.31. The standard InChI is InChI=1S/C18H15F3N2O4/c19-18(20,21)27-12-6-4-11(5-7-12)23-16(24)10-26-15-3-1-2-14-13(15)8-9-22-17(14)25/h1-7H,8-10H2,(H,22,25)(H,23,24). The summed E-state index contributed by atoms with van der Waals surface area (Å²) in [5.41, 5.74) is 1.55. The highest BCUT2D eigenvalue weighted by atomic mass is 19.4. The second kappa shape index (κ2) is 7.56. The zero-order valence-electron chi connectivity index (χ0n) is 13.9. The van der Waals surface area contributed by atoms with Crippen LogP contribution in [-0.2, 0) is 11.2 Å². The fourth-order valence-electron chi connectivity index (χ4n) is 2.65. The molecule has 0 aromatic heterocycles. The summed E-state index contributed by atoms with van der Waals surface area (Å²) in [7, 11) is 0. The van der Waals surface area contributed by atoms with Crippen molar-refractivity contribution in [2.75, 3.05) is 18.5 Å². The van der Waals surface area contributed by atoms with Gasteiger partial charge in [0.15, 0.2) is 6.61 Å². The van der Waals surface area contributed by atoms with Gasteiger partial charge in [0.1, 0.15) is 11.5 Å². The van der Waals surface area contributed by atoms with Gasteiger partial charge in [-0.25, -0.2) is 0 Å². The highest BCUT2D eigenvalue weighted by molar-refractivity contribution is 5.97. The zero-order chi connectivity index (χ0) is 19.4. The summed E-state index contributed by atoms with van der Waals surface area (Å²) in [5.74, 6) is -0.609. The molecule has 0 fully saturated rings. The average Bonchev–Trinajstić information content (AvgIpc) is 2.61. The van der Waals surface area contributed by atoms with Crippen molar-refractivity contribution in [3.8, 4) is 11.5 Å². The summed E-state index contributed by atoms with van der Waals surface area (Å²) in [4.78, 5) is 23.8. The van der Waals surface area contributed by atoms with E-state index in [1.165, 1.54) is 12.1 Å². The van der Waals surface area contributed by atoms with Crippen LogP contribution in [0.2, 0.25) is 0 Å². The Balaban J connectivity index is 1.58. The lowest BCUT2D eigenvalue weighted by Gasteiger charge is -2.19. The van der Waals surface area contributed by atoms with E-state index in [-0.39, 0.29) is 18.3 Å². The number of carbonyl (C=O) groups excluding carboxylic acids is 2. The summed E-state index contributed by atoms with van der Waals surface area (Å²) in [5, 5.41) is 5.24. The summed E-state index contributed by atoms with van der Waals surface area (Å²) >= 11 is 0. The third-order valence-electron chi connectivity index (χ3n) is 3.77. The van der Waals surface area contributed by atoms with Crippen molar-refractivity contribution >= 4 is 17.5 Å². The van der Waals surface area contributed by atoms with Gasteiger partial charge in [0.25, 0.3) is 11.8 Å². The fraction of sp³-hybridized carbons (Fsp3) is 0.222. The van der Waals surface area contributed by atoms with Crippen molar-refractivity contribution in [1.29, 1.82) is 0 Å². The monoisotopic (exact) mass is 380 g/mol. The zero-order valence-corrected chi connectivity index (χ0v) is 13.9. The Bertz CT molecular complexity index is 851. The maximum Gasteiger partial charge on any atom is 0.573 e. The topological polar surface area (TPSA) is 76.7 Å². The number of carbonyl (C=O) groups is 2. The molecular weight excluding hydrogens is 365 g/mol. The number of alkyl halides is 3. The number of anilines is 1. The van der Waals surface area contributed by atoms with Crippen LogP contribution in [0.4, 0.5) is 18.9 Å². The molecule has 0 spiro atoms. The molecule has 2 amide bonds. The number of hydrogen-bond acceptors (Lipinski definition) is 4. The smallest absolute Gasteiger partial charge is 0.483 e. The Kier molecular flexibility index (Phi) is 5.20. The first-order valence-corrected chi connectivity index (χ1v) is 8.00. The number of benzene rings is 2. The Morgan fingerprint density at radius 1 is 1.15 bits per heavy atom. The third kappa shape index (κ3) is 4.90. The molecule has 1 aliphatic heterocycles. The number of hydrogen-bond donors (Lipinski definition) is 2. The van der Waals surface area contributed by atoms with Crippen molar-refractivity contribution in [2.24, 2.45) is 0 Å². The molecule has 0 saturated heterocycles. The van der Waals surface area contributed by atoms with Gasteiger partial charge in [-0.15, -0.1) is 13.2 Å². The maximum atomic E-state index is 12.1. The summed E-state index contributed by atoms with van der Waals surface area (Å²) in [6, 6.07) is 9.78. The molecule has 0 aliphatic carbocycles. The molecule has 142 valence electrons. The van der Waals surface area contributed by atoms with E-state index < -0.39 is 12.3 Å². The summed E-state index contributed by atoms with van der Waals surface area (Å²) in [6.45, 7) is 0.184. The molecule has 27 heavy (non-hydrogen) atoms. The molecule has 1 heterocycles. The van der Waals surface area contributed by atoms with Gasteiger partial charge in [-0.05, 0) is 42.8 Å². The molecule has 1 aliphatic rings. The normalized spacial score (nSPS) is 13.4. The van der Waals surface area contributed by atoms with Gasteiger partial charge >= 0.3 is 6.36 Å². The number of amides is 2. The number of ether oxygens (including phenoxy) is 2. The van der Waals surface area contributed by atoms with Crippen molar-refractivity contribution in [1.82, 2.24) is 5.32 Å². The lowest BCUT2D eigenvalue weighted by atomic mass is 9.99. The molecule has 2 aromatic rings. The predicted octanol–water partition coefficient (Wildman–Crippen LogP) is 2.89. The Hall–Kier alpha value is -3.23. The van der Waals surface area contributed by atoms with Gasteiger partial charge in [-0.1, -0.05) is 6.07 Å². The van der Waals surface area contributed by atoms with Crippen LogP contribution in [0.15, 0.2) is 42.5 Å². The molecule has 2 N–H and O–H groups in total. The minimum absolute atomic E-state index is 0.188. The lowest BCUT2D eigenvalue weighted by Crippen LogP contribution is -2.32. The largest absolute Gasteiger partial charge is 0.573 e. The van der Waals surface area contributed by atoms with Gasteiger partial charge in [-0.2, -0.15) is 0 Å². The van der Waals surface area contributed by atoms with Crippen LogP contribution < -0.4 is 20.1 Å². The van der Waals surface area contributed by atoms with Crippen molar-refractivity contribution in [2.45, 2.75) is 12.8 Å². The van der Waals surface area contributed by atoms with E-state index in [0.717, 1.165) is 17.7 Å². The first-order valence-electron chi connectivity index (χ1n) is 8.00. The Morgan fingerprint density at radius 2 is 1.89 bits per heavy atom. The Morgan fingerprint density at radius 3 is 2.59 bits per heavy atom. The van der Waals surface area contributed by atoms with Crippen molar-refractivity contribution < 1.29 is 32.2 Å². The van der Waals surface area contributed by atoms with E-state index in [1.807, 2.05) is 0 Å². The number of halogens is 3. The van der Waals surface area contributed by atoms with Gasteiger partial charge in [0.2, 0.25) is 0 Å². The lowest BCUT2D eigenvalue weighted by molar-refractivity contribution is -0.274. The molecule has 9 heteroatoms. The van der Waals surface area contributed by atoms with E-state index in [9.17, 15) is 22.8 Å². The van der Waals surface area contributed by atoms with Crippen LogP contribution in [0.1, 0.15) is 15.9 Å². The molecule has 0 saturated carbocycles. The number of rotatable bonds is 5. The summed E-state index contributed by atoms with van der Waals surface area (Å²) < 4.78 is 45.6. The first-order chi connectivity index (χ1) is 12.8. The minimum Gasteiger partial charge on any atom is -0.483 e. The van der Waals surface area contributed by atoms with E-state index in [2.05, 4.69) is 15.4 Å².